The minimum atomic E-state index is -4.46. The molecule has 0 bridgehead atoms. The smallest absolute Gasteiger partial charge is 0.365 e. The lowest BCUT2D eigenvalue weighted by molar-refractivity contribution is -0.137. The first kappa shape index (κ1) is 16.5. The Morgan fingerprint density at radius 3 is 2.38 bits per heavy atom. The van der Waals surface area contributed by atoms with Crippen LogP contribution < -0.4 is 11.1 Å². The maximum atomic E-state index is 12.6. The summed E-state index contributed by atoms with van der Waals surface area (Å²) in [5.41, 5.74) is 5.84. The van der Waals surface area contributed by atoms with E-state index in [-0.39, 0.29) is 5.56 Å². The first-order chi connectivity index (χ1) is 11.3. The lowest BCUT2D eigenvalue weighted by Crippen LogP contribution is -2.18. The molecular weight excluding hydrogens is 341 g/mol. The number of carbonyl (C=O) groups is 2. The van der Waals surface area contributed by atoms with Crippen molar-refractivity contribution < 1.29 is 22.8 Å². The van der Waals surface area contributed by atoms with E-state index >= 15 is 0 Å². The van der Waals surface area contributed by atoms with Crippen molar-refractivity contribution in [2.24, 2.45) is 5.73 Å². The largest absolute Gasteiger partial charge is 0.416 e. The summed E-state index contributed by atoms with van der Waals surface area (Å²) in [5.74, 6) is -1.19. The highest BCUT2D eigenvalue weighted by molar-refractivity contribution is 7.17. The molecule has 1 aromatic carbocycles. The summed E-state index contributed by atoms with van der Waals surface area (Å²) in [7, 11) is 0. The van der Waals surface area contributed by atoms with Crippen LogP contribution in [0.1, 0.15) is 43.1 Å². The molecule has 1 aliphatic rings. The maximum Gasteiger partial charge on any atom is 0.416 e. The van der Waals surface area contributed by atoms with Gasteiger partial charge in [-0.15, -0.1) is 11.3 Å². The van der Waals surface area contributed by atoms with Crippen molar-refractivity contribution in [3.63, 3.8) is 0 Å². The van der Waals surface area contributed by atoms with E-state index in [9.17, 15) is 22.8 Å². The number of carbonyl (C=O) groups excluding carboxylic acids is 2. The number of primary amides is 1. The molecule has 0 atom stereocenters. The Morgan fingerprint density at radius 1 is 1.12 bits per heavy atom. The van der Waals surface area contributed by atoms with E-state index in [4.69, 9.17) is 5.73 Å². The predicted molar refractivity (Wildman–Crippen MR) is 84.3 cm³/mol. The van der Waals surface area contributed by atoms with Crippen LogP contribution in [0.3, 0.4) is 0 Å². The molecule has 1 aromatic heterocycles. The van der Waals surface area contributed by atoms with Gasteiger partial charge in [0.2, 0.25) is 0 Å². The summed E-state index contributed by atoms with van der Waals surface area (Å²) in [6.45, 7) is 0. The van der Waals surface area contributed by atoms with Gasteiger partial charge in [-0.1, -0.05) is 0 Å². The van der Waals surface area contributed by atoms with E-state index in [0.717, 1.165) is 54.0 Å². The summed E-state index contributed by atoms with van der Waals surface area (Å²) < 4.78 is 37.7. The van der Waals surface area contributed by atoms with Crippen LogP contribution in [-0.4, -0.2) is 11.8 Å². The van der Waals surface area contributed by atoms with Gasteiger partial charge in [0, 0.05) is 10.4 Å². The number of aryl methyl sites for hydroxylation is 1. The number of thiophene rings is 1. The van der Waals surface area contributed by atoms with Crippen molar-refractivity contribution >= 4 is 28.2 Å². The van der Waals surface area contributed by atoms with Gasteiger partial charge in [-0.25, -0.2) is 0 Å². The standard InChI is InChI=1S/C16H13F3N2O2S/c17-16(18,19)9-6-4-8(5-7-9)14(23)21-15-12(13(20)22)10-2-1-3-11(10)24-15/h4-7H,1-3H2,(H2,20,22)(H,21,23). The molecule has 8 heteroatoms. The van der Waals surface area contributed by atoms with E-state index in [1.54, 1.807) is 0 Å². The summed E-state index contributed by atoms with van der Waals surface area (Å²) in [4.78, 5) is 24.9. The molecule has 0 aliphatic heterocycles. The van der Waals surface area contributed by atoms with E-state index in [0.29, 0.717) is 10.6 Å². The second kappa shape index (κ2) is 5.94. The Labute approximate surface area is 139 Å². The Kier molecular flexibility index (Phi) is 4.08. The highest BCUT2D eigenvalue weighted by atomic mass is 32.1. The lowest BCUT2D eigenvalue weighted by Gasteiger charge is -2.08. The van der Waals surface area contributed by atoms with Crippen molar-refractivity contribution in [1.82, 2.24) is 0 Å². The van der Waals surface area contributed by atoms with E-state index in [1.165, 1.54) is 11.3 Å². The quantitative estimate of drug-likeness (QED) is 0.884. The normalized spacial score (nSPS) is 13.6. The van der Waals surface area contributed by atoms with Crippen LogP contribution in [0.4, 0.5) is 18.2 Å². The number of amides is 2. The van der Waals surface area contributed by atoms with E-state index in [2.05, 4.69) is 5.32 Å². The zero-order valence-corrected chi connectivity index (χ0v) is 13.2. The van der Waals surface area contributed by atoms with Crippen LogP contribution in [0.2, 0.25) is 0 Å². The number of hydrogen-bond donors (Lipinski definition) is 2. The van der Waals surface area contributed by atoms with Crippen molar-refractivity contribution in [2.75, 3.05) is 5.32 Å². The molecule has 0 saturated carbocycles. The number of rotatable bonds is 3. The molecule has 0 radical (unpaired) electrons. The summed E-state index contributed by atoms with van der Waals surface area (Å²) in [5, 5.41) is 2.95. The van der Waals surface area contributed by atoms with Gasteiger partial charge in [-0.3, -0.25) is 9.59 Å². The van der Waals surface area contributed by atoms with Crippen LogP contribution in [0.25, 0.3) is 0 Å². The number of alkyl halides is 3. The van der Waals surface area contributed by atoms with Crippen molar-refractivity contribution in [2.45, 2.75) is 25.4 Å². The van der Waals surface area contributed by atoms with Crippen LogP contribution in [0, 0.1) is 0 Å². The Morgan fingerprint density at radius 2 is 1.79 bits per heavy atom. The monoisotopic (exact) mass is 354 g/mol. The summed E-state index contributed by atoms with van der Waals surface area (Å²) in [6.07, 6.45) is -1.95. The topological polar surface area (TPSA) is 72.2 Å². The van der Waals surface area contributed by atoms with E-state index < -0.39 is 23.6 Å². The minimum absolute atomic E-state index is 0.0759. The molecule has 0 spiro atoms. The third kappa shape index (κ3) is 3.01. The number of fused-ring (bicyclic) bond motifs is 1. The van der Waals surface area contributed by atoms with Crippen molar-refractivity contribution in [3.8, 4) is 0 Å². The highest BCUT2D eigenvalue weighted by Crippen LogP contribution is 2.39. The predicted octanol–water partition coefficient (Wildman–Crippen LogP) is 3.61. The highest BCUT2D eigenvalue weighted by Gasteiger charge is 2.30. The Bertz CT molecular complexity index is 810. The number of anilines is 1. The SMILES string of the molecule is NC(=O)c1c(NC(=O)c2ccc(C(F)(F)F)cc2)sc2c1CCC2. The van der Waals surface area contributed by atoms with Crippen molar-refractivity contribution in [3.05, 3.63) is 51.4 Å². The van der Waals surface area contributed by atoms with Gasteiger partial charge in [0.15, 0.2) is 0 Å². The Hall–Kier alpha value is -2.35. The molecule has 2 amide bonds. The second-order valence-corrected chi connectivity index (χ2v) is 6.56. The molecule has 24 heavy (non-hydrogen) atoms. The third-order valence-corrected chi connectivity index (χ3v) is 5.08. The zero-order valence-electron chi connectivity index (χ0n) is 12.4. The molecule has 1 aliphatic carbocycles. The number of nitrogens with two attached hydrogens (primary N) is 1. The molecule has 3 rings (SSSR count). The fourth-order valence-corrected chi connectivity index (χ4v) is 4.03. The average molecular weight is 354 g/mol. The summed E-state index contributed by atoms with van der Waals surface area (Å²) in [6, 6.07) is 3.89. The fourth-order valence-electron chi connectivity index (χ4n) is 2.74. The fraction of sp³-hybridized carbons (Fsp3) is 0.250. The zero-order chi connectivity index (χ0) is 17.5. The van der Waals surface area contributed by atoms with Gasteiger partial charge in [0.05, 0.1) is 11.1 Å². The van der Waals surface area contributed by atoms with Gasteiger partial charge in [0.1, 0.15) is 5.00 Å². The Balaban J connectivity index is 1.84. The first-order valence-electron chi connectivity index (χ1n) is 7.20. The van der Waals surface area contributed by atoms with Gasteiger partial charge in [-0.2, -0.15) is 13.2 Å². The molecule has 3 N–H and O–H groups in total. The maximum absolute atomic E-state index is 12.6. The van der Waals surface area contributed by atoms with Crippen molar-refractivity contribution in [1.29, 1.82) is 0 Å². The molecule has 1 heterocycles. The number of halogens is 3. The van der Waals surface area contributed by atoms with Gasteiger partial charge < -0.3 is 11.1 Å². The molecule has 2 aromatic rings. The van der Waals surface area contributed by atoms with Crippen LogP contribution in [-0.2, 0) is 19.0 Å². The van der Waals surface area contributed by atoms with Crippen LogP contribution in [0.15, 0.2) is 24.3 Å². The average Bonchev–Trinajstić information content (AvgIpc) is 3.06. The molecule has 0 fully saturated rings. The van der Waals surface area contributed by atoms with Gasteiger partial charge in [-0.05, 0) is 49.1 Å². The molecule has 0 saturated heterocycles. The van der Waals surface area contributed by atoms with Crippen LogP contribution >= 0.6 is 11.3 Å². The third-order valence-electron chi connectivity index (χ3n) is 3.87. The lowest BCUT2D eigenvalue weighted by atomic mass is 10.1. The number of benzene rings is 1. The van der Waals surface area contributed by atoms with Crippen LogP contribution in [0.5, 0.6) is 0 Å². The molecule has 126 valence electrons. The molecule has 4 nitrogen and oxygen atoms in total. The number of hydrogen-bond acceptors (Lipinski definition) is 3. The van der Waals surface area contributed by atoms with Gasteiger partial charge in [0.25, 0.3) is 11.8 Å². The summed E-state index contributed by atoms with van der Waals surface area (Å²) >= 11 is 1.29. The molecular formula is C16H13F3N2O2S. The second-order valence-electron chi connectivity index (χ2n) is 5.45. The first-order valence-corrected chi connectivity index (χ1v) is 8.02. The number of nitrogens with one attached hydrogen (secondary N) is 1. The minimum Gasteiger partial charge on any atom is -0.365 e. The van der Waals surface area contributed by atoms with Gasteiger partial charge >= 0.3 is 6.18 Å². The molecule has 0 unspecified atom stereocenters. The van der Waals surface area contributed by atoms with E-state index in [1.807, 2.05) is 0 Å².